The number of aliphatic hydroxyl groups excluding tert-OH is 2. The molecule has 0 saturated carbocycles. The zero-order valence-corrected chi connectivity index (χ0v) is 15.2. The lowest BCUT2D eigenvalue weighted by atomic mass is 10.1. The predicted molar refractivity (Wildman–Crippen MR) is 96.9 cm³/mol. The third-order valence-corrected chi connectivity index (χ3v) is 4.17. The highest BCUT2D eigenvalue weighted by Gasteiger charge is 2.34. The SMILES string of the molecule is CN(C)CCOc1ccc(NC(=O)[C@H](O)[C@@H](O)C(=O)N2CCCC2)cc1. The van der Waals surface area contributed by atoms with Gasteiger partial charge in [-0.1, -0.05) is 0 Å². The Hall–Kier alpha value is -2.16. The van der Waals surface area contributed by atoms with Crippen molar-refractivity contribution in [3.8, 4) is 5.75 Å². The van der Waals surface area contributed by atoms with Gasteiger partial charge in [0.1, 0.15) is 12.4 Å². The van der Waals surface area contributed by atoms with E-state index in [-0.39, 0.29) is 0 Å². The van der Waals surface area contributed by atoms with Gasteiger partial charge in [-0.05, 0) is 51.2 Å². The molecule has 0 radical (unpaired) electrons. The molecule has 1 aliphatic heterocycles. The van der Waals surface area contributed by atoms with E-state index in [1.165, 1.54) is 4.90 Å². The van der Waals surface area contributed by atoms with Crippen LogP contribution in [0.3, 0.4) is 0 Å². The van der Waals surface area contributed by atoms with Gasteiger partial charge in [0.15, 0.2) is 12.2 Å². The minimum atomic E-state index is -1.82. The summed E-state index contributed by atoms with van der Waals surface area (Å²) >= 11 is 0. The normalized spacial score (nSPS) is 16.4. The molecule has 0 bridgehead atoms. The molecule has 8 nitrogen and oxygen atoms in total. The summed E-state index contributed by atoms with van der Waals surface area (Å²) in [4.78, 5) is 27.6. The first-order valence-corrected chi connectivity index (χ1v) is 8.72. The van der Waals surface area contributed by atoms with Crippen molar-refractivity contribution < 1.29 is 24.5 Å². The van der Waals surface area contributed by atoms with E-state index in [0.29, 0.717) is 31.1 Å². The maximum atomic E-state index is 12.1. The number of hydrogen-bond acceptors (Lipinski definition) is 6. The van der Waals surface area contributed by atoms with Crippen LogP contribution in [-0.2, 0) is 9.59 Å². The molecule has 1 aliphatic rings. The van der Waals surface area contributed by atoms with E-state index in [0.717, 1.165) is 19.4 Å². The van der Waals surface area contributed by atoms with Gasteiger partial charge in [-0.3, -0.25) is 9.59 Å². The van der Waals surface area contributed by atoms with Crippen molar-refractivity contribution in [2.75, 3.05) is 45.7 Å². The number of carbonyl (C=O) groups is 2. The topological polar surface area (TPSA) is 102 Å². The molecule has 1 fully saturated rings. The maximum absolute atomic E-state index is 12.1. The lowest BCUT2D eigenvalue weighted by Gasteiger charge is -2.22. The maximum Gasteiger partial charge on any atom is 0.256 e. The van der Waals surface area contributed by atoms with Gasteiger partial charge < -0.3 is 30.1 Å². The number of anilines is 1. The zero-order chi connectivity index (χ0) is 19.1. The number of aliphatic hydroxyl groups is 2. The summed E-state index contributed by atoms with van der Waals surface area (Å²) in [7, 11) is 3.91. The number of nitrogens with zero attached hydrogens (tertiary/aromatic N) is 2. The number of nitrogens with one attached hydrogen (secondary N) is 1. The Morgan fingerprint density at radius 1 is 1.15 bits per heavy atom. The lowest BCUT2D eigenvalue weighted by Crippen LogP contribution is -2.48. The van der Waals surface area contributed by atoms with Crippen molar-refractivity contribution in [1.82, 2.24) is 9.80 Å². The Bertz CT molecular complexity index is 599. The second-order valence-corrected chi connectivity index (χ2v) is 6.59. The molecular weight excluding hydrogens is 338 g/mol. The van der Waals surface area contributed by atoms with Crippen LogP contribution < -0.4 is 10.1 Å². The van der Waals surface area contributed by atoms with Crippen molar-refractivity contribution >= 4 is 17.5 Å². The van der Waals surface area contributed by atoms with Crippen molar-refractivity contribution in [1.29, 1.82) is 0 Å². The molecule has 0 spiro atoms. The van der Waals surface area contributed by atoms with Crippen LogP contribution >= 0.6 is 0 Å². The highest BCUT2D eigenvalue weighted by molar-refractivity contribution is 5.98. The number of hydrogen-bond donors (Lipinski definition) is 3. The highest BCUT2D eigenvalue weighted by atomic mass is 16.5. The highest BCUT2D eigenvalue weighted by Crippen LogP contribution is 2.17. The average Bonchev–Trinajstić information content (AvgIpc) is 3.15. The van der Waals surface area contributed by atoms with E-state index in [4.69, 9.17) is 4.74 Å². The second-order valence-electron chi connectivity index (χ2n) is 6.59. The molecule has 0 unspecified atom stereocenters. The Morgan fingerprint density at radius 3 is 2.35 bits per heavy atom. The molecule has 1 aromatic rings. The minimum Gasteiger partial charge on any atom is -0.492 e. The van der Waals surface area contributed by atoms with E-state index in [1.807, 2.05) is 19.0 Å². The fraction of sp³-hybridized carbons (Fsp3) is 0.556. The first kappa shape index (κ1) is 20.2. The standard InChI is InChI=1S/C18H27N3O5/c1-20(2)11-12-26-14-7-5-13(6-8-14)19-17(24)15(22)16(23)18(25)21-9-3-4-10-21/h5-8,15-16,22-23H,3-4,9-12H2,1-2H3,(H,19,24)/t15-,16-/m1/s1. The Labute approximate surface area is 153 Å². The van der Waals surface area contributed by atoms with Crippen LogP contribution in [0.2, 0.25) is 0 Å². The van der Waals surface area contributed by atoms with E-state index < -0.39 is 24.0 Å². The molecule has 1 saturated heterocycles. The number of benzene rings is 1. The summed E-state index contributed by atoms with van der Waals surface area (Å²) < 4.78 is 5.56. The fourth-order valence-electron chi connectivity index (χ4n) is 2.60. The summed E-state index contributed by atoms with van der Waals surface area (Å²) in [5.74, 6) is -0.782. The average molecular weight is 365 g/mol. The van der Waals surface area contributed by atoms with E-state index in [2.05, 4.69) is 5.32 Å². The molecule has 2 amide bonds. The monoisotopic (exact) mass is 365 g/mol. The largest absolute Gasteiger partial charge is 0.492 e. The van der Waals surface area contributed by atoms with Gasteiger partial charge in [-0.15, -0.1) is 0 Å². The quantitative estimate of drug-likeness (QED) is 0.595. The molecule has 26 heavy (non-hydrogen) atoms. The van der Waals surface area contributed by atoms with Gasteiger partial charge >= 0.3 is 0 Å². The van der Waals surface area contributed by atoms with Crippen LogP contribution in [0.1, 0.15) is 12.8 Å². The van der Waals surface area contributed by atoms with Crippen LogP contribution in [0.25, 0.3) is 0 Å². The number of ether oxygens (including phenoxy) is 1. The number of amides is 2. The first-order chi connectivity index (χ1) is 12.4. The molecule has 3 N–H and O–H groups in total. The molecule has 2 atom stereocenters. The van der Waals surface area contributed by atoms with Crippen molar-refractivity contribution in [3.63, 3.8) is 0 Å². The number of carbonyl (C=O) groups excluding carboxylic acids is 2. The summed E-state index contributed by atoms with van der Waals surface area (Å²) in [5.41, 5.74) is 0.440. The van der Waals surface area contributed by atoms with Crippen molar-refractivity contribution in [2.45, 2.75) is 25.0 Å². The summed E-state index contributed by atoms with van der Waals surface area (Å²) in [5, 5.41) is 22.4. The van der Waals surface area contributed by atoms with Gasteiger partial charge in [0.2, 0.25) is 0 Å². The van der Waals surface area contributed by atoms with Crippen LogP contribution in [0, 0.1) is 0 Å². The van der Waals surface area contributed by atoms with Crippen LogP contribution in [0.4, 0.5) is 5.69 Å². The number of rotatable bonds is 8. The summed E-state index contributed by atoms with van der Waals surface area (Å²) in [6, 6.07) is 6.65. The lowest BCUT2D eigenvalue weighted by molar-refractivity contribution is -0.150. The van der Waals surface area contributed by atoms with Gasteiger partial charge in [0.05, 0.1) is 0 Å². The molecule has 1 heterocycles. The van der Waals surface area contributed by atoms with E-state index in [9.17, 15) is 19.8 Å². The fourth-order valence-corrected chi connectivity index (χ4v) is 2.60. The van der Waals surface area contributed by atoms with Gasteiger partial charge in [0.25, 0.3) is 11.8 Å². The smallest absolute Gasteiger partial charge is 0.256 e. The number of likely N-dealkylation sites (tertiary alicyclic amines) is 1. The Balaban J connectivity index is 1.84. The second kappa shape index (κ2) is 9.51. The molecule has 0 aliphatic carbocycles. The summed E-state index contributed by atoms with van der Waals surface area (Å²) in [6.45, 7) is 2.41. The van der Waals surface area contributed by atoms with Crippen molar-refractivity contribution in [3.05, 3.63) is 24.3 Å². The third kappa shape index (κ3) is 5.69. The molecule has 8 heteroatoms. The van der Waals surface area contributed by atoms with Crippen LogP contribution in [-0.4, -0.2) is 84.4 Å². The predicted octanol–water partition coefficient (Wildman–Crippen LogP) is -0.0903. The molecule has 2 rings (SSSR count). The third-order valence-electron chi connectivity index (χ3n) is 4.17. The number of likely N-dealkylation sites (N-methyl/N-ethyl adjacent to an activating group) is 1. The van der Waals surface area contributed by atoms with E-state index >= 15 is 0 Å². The van der Waals surface area contributed by atoms with Crippen molar-refractivity contribution in [2.24, 2.45) is 0 Å². The van der Waals surface area contributed by atoms with Crippen LogP contribution in [0.15, 0.2) is 24.3 Å². The molecular formula is C18H27N3O5. The van der Waals surface area contributed by atoms with Gasteiger partial charge in [-0.2, -0.15) is 0 Å². The Kier molecular flexibility index (Phi) is 7.38. The zero-order valence-electron chi connectivity index (χ0n) is 15.2. The Morgan fingerprint density at radius 2 is 1.77 bits per heavy atom. The van der Waals surface area contributed by atoms with Crippen LogP contribution in [0.5, 0.6) is 5.75 Å². The van der Waals surface area contributed by atoms with Gasteiger partial charge in [-0.25, -0.2) is 0 Å². The minimum absolute atomic E-state index is 0.440. The molecule has 0 aromatic heterocycles. The molecule has 144 valence electrons. The van der Waals surface area contributed by atoms with E-state index in [1.54, 1.807) is 24.3 Å². The summed E-state index contributed by atoms with van der Waals surface area (Å²) in [6.07, 6.45) is -1.85. The first-order valence-electron chi connectivity index (χ1n) is 8.72. The van der Waals surface area contributed by atoms with Gasteiger partial charge in [0, 0.05) is 25.3 Å². The molecule has 1 aromatic carbocycles.